The highest BCUT2D eigenvalue weighted by Crippen LogP contribution is 2.07. The summed E-state index contributed by atoms with van der Waals surface area (Å²) in [6.45, 7) is 5.94. The quantitative estimate of drug-likeness (QED) is 0.458. The first-order valence-corrected chi connectivity index (χ1v) is 3.78. The molecule has 0 bridgehead atoms. The third-order valence-electron chi connectivity index (χ3n) is 1.47. The first kappa shape index (κ1) is 9.48. The van der Waals surface area contributed by atoms with Gasteiger partial charge in [-0.05, 0) is 24.8 Å². The summed E-state index contributed by atoms with van der Waals surface area (Å²) in [5.74, 6) is 0.559. The van der Waals surface area contributed by atoms with Gasteiger partial charge in [0, 0.05) is 6.61 Å². The lowest BCUT2D eigenvalue weighted by atomic mass is 10.0. The fourth-order valence-corrected chi connectivity index (χ4v) is 0.863. The Morgan fingerprint density at radius 1 is 1.60 bits per heavy atom. The van der Waals surface area contributed by atoms with Gasteiger partial charge in [-0.25, -0.2) is 0 Å². The van der Waals surface area contributed by atoms with E-state index in [0.717, 1.165) is 19.3 Å². The van der Waals surface area contributed by atoms with Gasteiger partial charge in [0.25, 0.3) is 0 Å². The highest BCUT2D eigenvalue weighted by atomic mass is 16.2. The van der Waals surface area contributed by atoms with Crippen molar-refractivity contribution in [3.8, 4) is 0 Å². The zero-order chi connectivity index (χ0) is 7.82. The summed E-state index contributed by atoms with van der Waals surface area (Å²) in [5.41, 5.74) is 2.76. The summed E-state index contributed by atoms with van der Waals surface area (Å²) in [4.78, 5) is 0. The number of aliphatic hydroxyl groups excluding tert-OH is 1. The van der Waals surface area contributed by atoms with Crippen molar-refractivity contribution in [3.05, 3.63) is 18.4 Å². The zero-order valence-corrected chi connectivity index (χ0v) is 6.64. The maximum absolute atomic E-state index is 8.47. The molecule has 0 spiro atoms. The average molecular weight is 140 g/mol. The van der Waals surface area contributed by atoms with E-state index in [0.29, 0.717) is 12.5 Å². The summed E-state index contributed by atoms with van der Waals surface area (Å²) in [5, 5.41) is 8.47. The van der Waals surface area contributed by atoms with E-state index >= 15 is 0 Å². The van der Waals surface area contributed by atoms with Gasteiger partial charge < -0.3 is 5.11 Å². The fraction of sp³-hybridized carbons (Fsp3) is 0.667. The van der Waals surface area contributed by atoms with Crippen LogP contribution < -0.4 is 0 Å². The highest BCUT2D eigenvalue weighted by molar-refractivity contribution is 4.81. The molecule has 1 N–H and O–H groups in total. The molecule has 0 rings (SSSR count). The van der Waals surface area contributed by atoms with E-state index in [1.807, 2.05) is 6.08 Å². The van der Waals surface area contributed by atoms with Crippen molar-refractivity contribution in [1.82, 2.24) is 0 Å². The first-order chi connectivity index (χ1) is 4.81. The van der Waals surface area contributed by atoms with Crippen LogP contribution in [0.1, 0.15) is 26.2 Å². The van der Waals surface area contributed by atoms with Crippen LogP contribution in [0.3, 0.4) is 0 Å². The van der Waals surface area contributed by atoms with Crippen molar-refractivity contribution in [2.24, 2.45) is 5.92 Å². The second kappa shape index (κ2) is 6.60. The molecule has 0 saturated heterocycles. The number of hydrogen-bond donors (Lipinski definition) is 1. The Morgan fingerprint density at radius 2 is 2.30 bits per heavy atom. The first-order valence-electron chi connectivity index (χ1n) is 3.78. The topological polar surface area (TPSA) is 20.2 Å². The lowest BCUT2D eigenvalue weighted by Gasteiger charge is -2.01. The van der Waals surface area contributed by atoms with Crippen LogP contribution >= 0.6 is 0 Å². The summed E-state index contributed by atoms with van der Waals surface area (Å²) in [6, 6.07) is 0. The van der Waals surface area contributed by atoms with Crippen molar-refractivity contribution in [2.45, 2.75) is 26.2 Å². The molecule has 1 nitrogen and oxygen atoms in total. The normalized spacial score (nSPS) is 12.2. The van der Waals surface area contributed by atoms with Crippen molar-refractivity contribution in [2.75, 3.05) is 6.61 Å². The molecule has 0 saturated carbocycles. The Balaban J connectivity index is 3.21. The molecule has 58 valence electrons. The molecule has 0 radical (unpaired) electrons. The summed E-state index contributed by atoms with van der Waals surface area (Å²) < 4.78 is 0. The number of hydrogen-bond acceptors (Lipinski definition) is 1. The Bertz CT molecular complexity index is 112. The van der Waals surface area contributed by atoms with Crippen LogP contribution in [0.25, 0.3) is 0 Å². The second-order valence-corrected chi connectivity index (χ2v) is 2.57. The molecule has 0 aliphatic rings. The van der Waals surface area contributed by atoms with Gasteiger partial charge in [0.1, 0.15) is 0 Å². The van der Waals surface area contributed by atoms with E-state index in [1.54, 1.807) is 0 Å². The molecular weight excluding hydrogens is 124 g/mol. The predicted octanol–water partition coefficient (Wildman–Crippen LogP) is 2.13. The molecule has 0 aliphatic heterocycles. The second-order valence-electron chi connectivity index (χ2n) is 2.57. The van der Waals surface area contributed by atoms with Gasteiger partial charge in [0.15, 0.2) is 0 Å². The molecule has 0 amide bonds. The molecule has 10 heavy (non-hydrogen) atoms. The Labute approximate surface area is 63.1 Å². The van der Waals surface area contributed by atoms with Gasteiger partial charge in [0.05, 0.1) is 0 Å². The minimum atomic E-state index is 0.310. The number of rotatable bonds is 5. The summed E-state index contributed by atoms with van der Waals surface area (Å²) >= 11 is 0. The van der Waals surface area contributed by atoms with Crippen LogP contribution in [0.4, 0.5) is 0 Å². The lowest BCUT2D eigenvalue weighted by molar-refractivity contribution is 0.281. The van der Waals surface area contributed by atoms with Gasteiger partial charge in [0.2, 0.25) is 0 Å². The maximum atomic E-state index is 8.47. The standard InChI is InChI=1S/C9H16O/c1-3-6-9(2)7-4-5-8-10/h6,9-10H,1,4-5,7-8H2,2H3. The average Bonchev–Trinajstić information content (AvgIpc) is 1.89. The third kappa shape index (κ3) is 5.61. The van der Waals surface area contributed by atoms with Crippen LogP contribution in [-0.4, -0.2) is 11.7 Å². The van der Waals surface area contributed by atoms with Gasteiger partial charge in [-0.3, -0.25) is 0 Å². The van der Waals surface area contributed by atoms with Gasteiger partial charge in [-0.2, -0.15) is 0 Å². The number of aliphatic hydroxyl groups is 1. The van der Waals surface area contributed by atoms with Crippen LogP contribution in [-0.2, 0) is 0 Å². The highest BCUT2D eigenvalue weighted by Gasteiger charge is 1.94. The maximum Gasteiger partial charge on any atom is 0.0431 e. The minimum absolute atomic E-state index is 0.310. The molecular formula is C9H16O. The van der Waals surface area contributed by atoms with E-state index in [4.69, 9.17) is 5.11 Å². The SMILES string of the molecule is C=C=CC(C)CCCCO. The number of allylic oxidation sites excluding steroid dienone is 1. The van der Waals surface area contributed by atoms with Crippen molar-refractivity contribution in [1.29, 1.82) is 0 Å². The Kier molecular flexibility index (Phi) is 6.25. The molecule has 0 heterocycles. The van der Waals surface area contributed by atoms with Crippen molar-refractivity contribution < 1.29 is 5.11 Å². The summed E-state index contributed by atoms with van der Waals surface area (Å²) in [6.07, 6.45) is 5.10. The van der Waals surface area contributed by atoms with Gasteiger partial charge in [-0.1, -0.05) is 19.9 Å². The third-order valence-corrected chi connectivity index (χ3v) is 1.47. The van der Waals surface area contributed by atoms with E-state index in [-0.39, 0.29) is 0 Å². The van der Waals surface area contributed by atoms with Crippen molar-refractivity contribution in [3.63, 3.8) is 0 Å². The van der Waals surface area contributed by atoms with Gasteiger partial charge >= 0.3 is 0 Å². The fourth-order valence-electron chi connectivity index (χ4n) is 0.863. The molecule has 1 heteroatoms. The Hall–Kier alpha value is -0.520. The molecule has 0 aromatic heterocycles. The van der Waals surface area contributed by atoms with Crippen LogP contribution in [0.15, 0.2) is 18.4 Å². The Morgan fingerprint density at radius 3 is 2.80 bits per heavy atom. The van der Waals surface area contributed by atoms with Crippen LogP contribution in [0.2, 0.25) is 0 Å². The van der Waals surface area contributed by atoms with E-state index in [2.05, 4.69) is 19.2 Å². The van der Waals surface area contributed by atoms with Crippen LogP contribution in [0, 0.1) is 5.92 Å². The molecule has 0 aromatic carbocycles. The van der Waals surface area contributed by atoms with Crippen molar-refractivity contribution >= 4 is 0 Å². The molecule has 0 fully saturated rings. The van der Waals surface area contributed by atoms with E-state index in [9.17, 15) is 0 Å². The van der Waals surface area contributed by atoms with Crippen LogP contribution in [0.5, 0.6) is 0 Å². The summed E-state index contributed by atoms with van der Waals surface area (Å²) in [7, 11) is 0. The van der Waals surface area contributed by atoms with E-state index in [1.165, 1.54) is 0 Å². The molecule has 1 unspecified atom stereocenters. The zero-order valence-electron chi connectivity index (χ0n) is 6.64. The smallest absolute Gasteiger partial charge is 0.0431 e. The van der Waals surface area contributed by atoms with Gasteiger partial charge in [-0.15, -0.1) is 5.73 Å². The molecule has 0 aliphatic carbocycles. The minimum Gasteiger partial charge on any atom is -0.396 e. The number of unbranched alkanes of at least 4 members (excludes halogenated alkanes) is 1. The van der Waals surface area contributed by atoms with E-state index < -0.39 is 0 Å². The lowest BCUT2D eigenvalue weighted by Crippen LogP contribution is -1.90. The molecule has 0 aromatic rings. The monoisotopic (exact) mass is 140 g/mol. The molecule has 1 atom stereocenters. The predicted molar refractivity (Wildman–Crippen MR) is 43.8 cm³/mol. The largest absolute Gasteiger partial charge is 0.396 e.